The monoisotopic (exact) mass is 320 g/mol. The van der Waals surface area contributed by atoms with Crippen molar-refractivity contribution in [3.05, 3.63) is 34.9 Å². The highest BCUT2D eigenvalue weighted by atomic mass is 16.6. The van der Waals surface area contributed by atoms with E-state index in [2.05, 4.69) is 0 Å². The molecule has 0 aliphatic carbocycles. The molecule has 0 radical (unpaired) electrons. The number of nitrogens with zero attached hydrogens (tertiary/aromatic N) is 1. The van der Waals surface area contributed by atoms with Gasteiger partial charge in [0.05, 0.1) is 13.2 Å². The van der Waals surface area contributed by atoms with Crippen LogP contribution in [-0.2, 0) is 15.9 Å². The number of rotatable bonds is 3. The van der Waals surface area contributed by atoms with E-state index in [1.807, 2.05) is 18.2 Å². The molecule has 0 spiro atoms. The number of Topliss-reactive ketones (excluding diaryl/α,β-unsaturated/α-hetero) is 1. The lowest BCUT2D eigenvalue weighted by Crippen LogP contribution is -2.44. The third kappa shape index (κ3) is 4.30. The Morgan fingerprint density at radius 3 is 2.70 bits per heavy atom. The minimum atomic E-state index is -0.609. The van der Waals surface area contributed by atoms with E-state index in [9.17, 15) is 9.59 Å². The average Bonchev–Trinajstić information content (AvgIpc) is 2.45. The zero-order chi connectivity index (χ0) is 17.2. The van der Waals surface area contributed by atoms with Crippen molar-refractivity contribution < 1.29 is 19.1 Å². The lowest BCUT2D eigenvalue weighted by Gasteiger charge is -2.31. The third-order valence-electron chi connectivity index (χ3n) is 3.60. The predicted octanol–water partition coefficient (Wildman–Crippen LogP) is 2.61. The number of carbonyl (C=O) groups is 2. The Morgan fingerprint density at radius 1 is 1.39 bits per heavy atom. The van der Waals surface area contributed by atoms with E-state index in [1.165, 1.54) is 0 Å². The number of hydrazine groups is 1. The molecule has 23 heavy (non-hydrogen) atoms. The first kappa shape index (κ1) is 17.4. The van der Waals surface area contributed by atoms with Gasteiger partial charge in [-0.1, -0.05) is 18.2 Å². The smallest absolute Gasteiger partial charge is 0.424 e. The molecule has 1 aromatic carbocycles. The molecular formula is C17H24N2O4. The topological polar surface area (TPSA) is 81.9 Å². The minimum Gasteiger partial charge on any atom is -0.443 e. The lowest BCUT2D eigenvalue weighted by molar-refractivity contribution is -0.00792. The summed E-state index contributed by atoms with van der Waals surface area (Å²) in [7, 11) is 0. The number of ketones is 1. The van der Waals surface area contributed by atoms with Crippen LogP contribution in [0.2, 0.25) is 0 Å². The molecule has 1 unspecified atom stereocenters. The normalized spacial score (nSPS) is 17.3. The average molecular weight is 320 g/mol. The van der Waals surface area contributed by atoms with E-state index < -0.39 is 11.7 Å². The van der Waals surface area contributed by atoms with Crippen LogP contribution in [0.4, 0.5) is 4.79 Å². The molecule has 1 atom stereocenters. The van der Waals surface area contributed by atoms with Gasteiger partial charge in [0.1, 0.15) is 11.7 Å². The fraction of sp³-hybridized carbons (Fsp3) is 0.529. The molecule has 1 aliphatic rings. The van der Waals surface area contributed by atoms with Crippen LogP contribution in [0.5, 0.6) is 0 Å². The zero-order valence-electron chi connectivity index (χ0n) is 14.1. The molecule has 0 saturated heterocycles. The standard InChI is InChI=1S/C17H24N2O4/c1-11(20)12-6-5-7-14-13(12)8-9-22-15(14)10-19(18)16(21)23-17(2,3)4/h5-7,15H,8-10,18H2,1-4H3. The van der Waals surface area contributed by atoms with Crippen LogP contribution in [0, 0.1) is 0 Å². The van der Waals surface area contributed by atoms with Crippen molar-refractivity contribution in [1.82, 2.24) is 5.01 Å². The highest BCUT2D eigenvalue weighted by Gasteiger charge is 2.28. The molecule has 126 valence electrons. The van der Waals surface area contributed by atoms with Gasteiger partial charge in [-0.25, -0.2) is 15.6 Å². The zero-order valence-corrected chi connectivity index (χ0v) is 14.1. The second-order valence-corrected chi connectivity index (χ2v) is 6.67. The summed E-state index contributed by atoms with van der Waals surface area (Å²) in [5.74, 6) is 5.85. The van der Waals surface area contributed by atoms with Crippen LogP contribution in [-0.4, -0.2) is 35.6 Å². The van der Waals surface area contributed by atoms with Crippen LogP contribution in [0.15, 0.2) is 18.2 Å². The van der Waals surface area contributed by atoms with Gasteiger partial charge in [0, 0.05) is 5.56 Å². The molecule has 0 saturated carbocycles. The molecule has 1 amide bonds. The number of hydrogen-bond donors (Lipinski definition) is 1. The highest BCUT2D eigenvalue weighted by Crippen LogP contribution is 2.30. The molecule has 2 N–H and O–H groups in total. The van der Waals surface area contributed by atoms with Crippen molar-refractivity contribution in [2.75, 3.05) is 13.2 Å². The summed E-state index contributed by atoms with van der Waals surface area (Å²) in [5, 5.41) is 1.02. The van der Waals surface area contributed by atoms with E-state index in [1.54, 1.807) is 27.7 Å². The molecule has 0 bridgehead atoms. The van der Waals surface area contributed by atoms with Crippen molar-refractivity contribution in [3.8, 4) is 0 Å². The van der Waals surface area contributed by atoms with E-state index in [-0.39, 0.29) is 18.4 Å². The Kier molecular flexibility index (Phi) is 5.06. The van der Waals surface area contributed by atoms with Crippen LogP contribution in [0.25, 0.3) is 0 Å². The number of benzene rings is 1. The van der Waals surface area contributed by atoms with Crippen molar-refractivity contribution in [2.45, 2.75) is 45.8 Å². The van der Waals surface area contributed by atoms with E-state index in [4.69, 9.17) is 15.3 Å². The summed E-state index contributed by atoms with van der Waals surface area (Å²) in [4.78, 5) is 23.7. The first-order valence-electron chi connectivity index (χ1n) is 7.68. The number of carbonyl (C=O) groups excluding carboxylic acids is 2. The Bertz CT molecular complexity index is 607. The Labute approximate surface area is 136 Å². The Balaban J connectivity index is 2.16. The van der Waals surface area contributed by atoms with Gasteiger partial charge in [0.2, 0.25) is 0 Å². The van der Waals surface area contributed by atoms with Gasteiger partial charge in [-0.15, -0.1) is 0 Å². The van der Waals surface area contributed by atoms with Gasteiger partial charge >= 0.3 is 6.09 Å². The third-order valence-corrected chi connectivity index (χ3v) is 3.60. The van der Waals surface area contributed by atoms with Gasteiger partial charge in [-0.2, -0.15) is 0 Å². The SMILES string of the molecule is CC(=O)c1cccc2c1CCOC2CN(N)C(=O)OC(C)(C)C. The molecule has 1 aliphatic heterocycles. The first-order chi connectivity index (χ1) is 10.7. The number of ether oxygens (including phenoxy) is 2. The largest absolute Gasteiger partial charge is 0.443 e. The van der Waals surface area contributed by atoms with E-state index in [0.717, 1.165) is 16.1 Å². The van der Waals surface area contributed by atoms with Crippen LogP contribution >= 0.6 is 0 Å². The maximum absolute atomic E-state index is 12.0. The summed E-state index contributed by atoms with van der Waals surface area (Å²) in [6.07, 6.45) is -0.287. The van der Waals surface area contributed by atoms with Crippen molar-refractivity contribution in [1.29, 1.82) is 0 Å². The van der Waals surface area contributed by atoms with Gasteiger partial charge in [-0.3, -0.25) is 4.79 Å². The maximum Gasteiger partial charge on any atom is 0.424 e. The summed E-state index contributed by atoms with van der Waals surface area (Å²) in [6.45, 7) is 7.56. The second kappa shape index (κ2) is 6.68. The van der Waals surface area contributed by atoms with Crippen LogP contribution in [0.1, 0.15) is 55.3 Å². The number of amides is 1. The Morgan fingerprint density at radius 2 is 2.09 bits per heavy atom. The maximum atomic E-state index is 12.0. The molecule has 2 rings (SSSR count). The molecule has 0 fully saturated rings. The highest BCUT2D eigenvalue weighted by molar-refractivity contribution is 5.96. The van der Waals surface area contributed by atoms with Crippen molar-refractivity contribution in [3.63, 3.8) is 0 Å². The number of hydrogen-bond acceptors (Lipinski definition) is 5. The fourth-order valence-electron chi connectivity index (χ4n) is 2.63. The molecule has 0 aromatic heterocycles. The lowest BCUT2D eigenvalue weighted by atomic mass is 9.91. The van der Waals surface area contributed by atoms with Crippen molar-refractivity contribution in [2.24, 2.45) is 5.84 Å². The molecular weight excluding hydrogens is 296 g/mol. The van der Waals surface area contributed by atoms with E-state index >= 15 is 0 Å². The second-order valence-electron chi connectivity index (χ2n) is 6.67. The fourth-order valence-corrected chi connectivity index (χ4v) is 2.63. The summed E-state index contributed by atoms with van der Waals surface area (Å²) >= 11 is 0. The predicted molar refractivity (Wildman–Crippen MR) is 86.0 cm³/mol. The number of fused-ring (bicyclic) bond motifs is 1. The minimum absolute atomic E-state index is 0.0271. The van der Waals surface area contributed by atoms with Gasteiger partial charge < -0.3 is 9.47 Å². The summed E-state index contributed by atoms with van der Waals surface area (Å²) in [5.41, 5.74) is 1.98. The van der Waals surface area contributed by atoms with Crippen molar-refractivity contribution >= 4 is 11.9 Å². The quantitative estimate of drug-likeness (QED) is 0.401. The van der Waals surface area contributed by atoms with Crippen LogP contribution < -0.4 is 5.84 Å². The first-order valence-corrected chi connectivity index (χ1v) is 7.68. The number of nitrogens with two attached hydrogens (primary N) is 1. The summed E-state index contributed by atoms with van der Waals surface area (Å²) < 4.78 is 11.0. The van der Waals surface area contributed by atoms with E-state index in [0.29, 0.717) is 18.6 Å². The molecule has 1 aromatic rings. The molecule has 6 heteroatoms. The van der Waals surface area contributed by atoms with Gasteiger partial charge in [-0.05, 0) is 45.2 Å². The van der Waals surface area contributed by atoms with Crippen LogP contribution in [0.3, 0.4) is 0 Å². The van der Waals surface area contributed by atoms with Gasteiger partial charge in [0.25, 0.3) is 0 Å². The Hall–Kier alpha value is -1.92. The van der Waals surface area contributed by atoms with Gasteiger partial charge in [0.15, 0.2) is 5.78 Å². The molecule has 1 heterocycles. The summed E-state index contributed by atoms with van der Waals surface area (Å²) in [6, 6.07) is 5.55. The molecule has 6 nitrogen and oxygen atoms in total.